The first-order valence-electron chi connectivity index (χ1n) is 7.57. The molecule has 110 valence electrons. The minimum absolute atomic E-state index is 0.123. The standard InChI is InChI=1S/C16H26N4/c1-11(2)10-20(13-6-4-5-7-13)16-14(15(17)18)12(3)8-9-19-16/h8-9,11,13H,4-7,10H2,1-3H3,(H3,17,18). The van der Waals surface area contributed by atoms with Gasteiger partial charge in [0, 0.05) is 18.8 Å². The summed E-state index contributed by atoms with van der Waals surface area (Å²) in [7, 11) is 0. The van der Waals surface area contributed by atoms with Gasteiger partial charge in [-0.25, -0.2) is 4.98 Å². The zero-order valence-electron chi connectivity index (χ0n) is 12.8. The first-order valence-corrected chi connectivity index (χ1v) is 7.57. The van der Waals surface area contributed by atoms with Crippen LogP contribution in [0.4, 0.5) is 5.82 Å². The Balaban J connectivity index is 2.42. The second-order valence-electron chi connectivity index (χ2n) is 6.22. The maximum atomic E-state index is 7.87. The fourth-order valence-corrected chi connectivity index (χ4v) is 3.11. The molecule has 1 aliphatic carbocycles. The van der Waals surface area contributed by atoms with Crippen LogP contribution in [0.1, 0.15) is 50.7 Å². The number of pyridine rings is 1. The second kappa shape index (κ2) is 6.25. The van der Waals surface area contributed by atoms with E-state index in [0.717, 1.165) is 23.5 Å². The van der Waals surface area contributed by atoms with Gasteiger partial charge < -0.3 is 10.6 Å². The summed E-state index contributed by atoms with van der Waals surface area (Å²) in [6, 6.07) is 2.48. The van der Waals surface area contributed by atoms with Crippen molar-refractivity contribution in [2.24, 2.45) is 11.7 Å². The second-order valence-corrected chi connectivity index (χ2v) is 6.22. The van der Waals surface area contributed by atoms with Crippen LogP contribution in [0, 0.1) is 18.3 Å². The maximum Gasteiger partial charge on any atom is 0.140 e. The predicted octanol–water partition coefficient (Wildman–Crippen LogP) is 3.08. The molecule has 1 heterocycles. The Bertz CT molecular complexity index is 475. The number of hydrogen-bond donors (Lipinski definition) is 2. The number of nitrogens with one attached hydrogen (secondary N) is 1. The molecule has 1 fully saturated rings. The first-order chi connectivity index (χ1) is 9.50. The quantitative estimate of drug-likeness (QED) is 0.640. The molecule has 4 heteroatoms. The van der Waals surface area contributed by atoms with E-state index in [1.165, 1.54) is 25.7 Å². The zero-order chi connectivity index (χ0) is 14.7. The SMILES string of the molecule is Cc1ccnc(N(CC(C)C)C2CCCC2)c1C(=N)N. The van der Waals surface area contributed by atoms with Gasteiger partial charge in [0.05, 0.1) is 5.56 Å². The maximum absolute atomic E-state index is 7.87. The summed E-state index contributed by atoms with van der Waals surface area (Å²) >= 11 is 0. The molecule has 1 aliphatic rings. The number of aromatic nitrogens is 1. The molecular formula is C16H26N4. The molecule has 0 atom stereocenters. The molecule has 2 rings (SSSR count). The Morgan fingerprint density at radius 1 is 1.45 bits per heavy atom. The Morgan fingerprint density at radius 3 is 2.65 bits per heavy atom. The van der Waals surface area contributed by atoms with Crippen LogP contribution in [-0.2, 0) is 0 Å². The van der Waals surface area contributed by atoms with Crippen LogP contribution in [0.2, 0.25) is 0 Å². The highest BCUT2D eigenvalue weighted by atomic mass is 15.2. The number of hydrogen-bond acceptors (Lipinski definition) is 3. The molecule has 4 nitrogen and oxygen atoms in total. The smallest absolute Gasteiger partial charge is 0.140 e. The summed E-state index contributed by atoms with van der Waals surface area (Å²) in [5, 5.41) is 7.87. The van der Waals surface area contributed by atoms with Crippen molar-refractivity contribution < 1.29 is 0 Å². The normalized spacial score (nSPS) is 15.8. The van der Waals surface area contributed by atoms with Crippen molar-refractivity contribution in [3.8, 4) is 0 Å². The lowest BCUT2D eigenvalue weighted by atomic mass is 10.1. The van der Waals surface area contributed by atoms with Gasteiger partial charge in [0.1, 0.15) is 11.7 Å². The Morgan fingerprint density at radius 2 is 2.10 bits per heavy atom. The average molecular weight is 274 g/mol. The lowest BCUT2D eigenvalue weighted by molar-refractivity contribution is 0.531. The van der Waals surface area contributed by atoms with Gasteiger partial charge in [0.25, 0.3) is 0 Å². The largest absolute Gasteiger partial charge is 0.384 e. The lowest BCUT2D eigenvalue weighted by Gasteiger charge is -2.33. The van der Waals surface area contributed by atoms with Gasteiger partial charge in [-0.3, -0.25) is 5.41 Å². The zero-order valence-corrected chi connectivity index (χ0v) is 12.8. The van der Waals surface area contributed by atoms with E-state index in [-0.39, 0.29) is 5.84 Å². The van der Waals surface area contributed by atoms with Crippen molar-refractivity contribution in [3.63, 3.8) is 0 Å². The van der Waals surface area contributed by atoms with Crippen molar-refractivity contribution >= 4 is 11.7 Å². The third-order valence-electron chi connectivity index (χ3n) is 4.01. The Labute approximate surface area is 121 Å². The first kappa shape index (κ1) is 14.8. The third kappa shape index (κ3) is 3.11. The number of nitrogens with zero attached hydrogens (tertiary/aromatic N) is 2. The van der Waals surface area contributed by atoms with E-state index in [0.29, 0.717) is 12.0 Å². The molecule has 3 N–H and O–H groups in total. The average Bonchev–Trinajstić information content (AvgIpc) is 2.88. The monoisotopic (exact) mass is 274 g/mol. The number of nitrogens with two attached hydrogens (primary N) is 1. The minimum Gasteiger partial charge on any atom is -0.384 e. The van der Waals surface area contributed by atoms with Crippen molar-refractivity contribution in [1.82, 2.24) is 4.98 Å². The predicted molar refractivity (Wildman–Crippen MR) is 84.4 cm³/mol. The number of anilines is 1. The van der Waals surface area contributed by atoms with E-state index >= 15 is 0 Å². The molecule has 0 amide bonds. The summed E-state index contributed by atoms with van der Waals surface area (Å²) < 4.78 is 0. The Hall–Kier alpha value is -1.58. The van der Waals surface area contributed by atoms with Gasteiger partial charge in [-0.05, 0) is 37.3 Å². The Kier molecular flexibility index (Phi) is 4.63. The lowest BCUT2D eigenvalue weighted by Crippen LogP contribution is -2.38. The number of amidine groups is 1. The third-order valence-corrected chi connectivity index (χ3v) is 4.01. The summed E-state index contributed by atoms with van der Waals surface area (Å²) in [5.74, 6) is 1.59. The van der Waals surface area contributed by atoms with Crippen LogP contribution in [-0.4, -0.2) is 23.4 Å². The summed E-state index contributed by atoms with van der Waals surface area (Å²) in [6.07, 6.45) is 6.86. The highest BCUT2D eigenvalue weighted by molar-refractivity contribution is 6.01. The number of aryl methyl sites for hydroxylation is 1. The molecule has 20 heavy (non-hydrogen) atoms. The van der Waals surface area contributed by atoms with Crippen LogP contribution >= 0.6 is 0 Å². The van der Waals surface area contributed by atoms with E-state index in [1.807, 2.05) is 19.2 Å². The number of rotatable bonds is 5. The fourth-order valence-electron chi connectivity index (χ4n) is 3.11. The molecule has 0 aromatic carbocycles. The summed E-state index contributed by atoms with van der Waals surface area (Å²) in [5.41, 5.74) is 7.64. The van der Waals surface area contributed by atoms with Gasteiger partial charge in [0.2, 0.25) is 0 Å². The number of nitrogen functional groups attached to an aromatic ring is 1. The van der Waals surface area contributed by atoms with Crippen molar-refractivity contribution in [2.45, 2.75) is 52.5 Å². The van der Waals surface area contributed by atoms with E-state index < -0.39 is 0 Å². The molecule has 0 aliphatic heterocycles. The van der Waals surface area contributed by atoms with Gasteiger partial charge in [-0.15, -0.1) is 0 Å². The topological polar surface area (TPSA) is 66.0 Å². The molecule has 1 aromatic heterocycles. The molecule has 0 unspecified atom stereocenters. The van der Waals surface area contributed by atoms with Crippen LogP contribution in [0.3, 0.4) is 0 Å². The van der Waals surface area contributed by atoms with E-state index in [1.54, 1.807) is 0 Å². The highest BCUT2D eigenvalue weighted by Crippen LogP contribution is 2.30. The van der Waals surface area contributed by atoms with Crippen LogP contribution in [0.25, 0.3) is 0 Å². The van der Waals surface area contributed by atoms with Gasteiger partial charge in [0.15, 0.2) is 0 Å². The van der Waals surface area contributed by atoms with Gasteiger partial charge in [-0.1, -0.05) is 26.7 Å². The summed E-state index contributed by atoms with van der Waals surface area (Å²) in [4.78, 5) is 6.95. The molecular weight excluding hydrogens is 248 g/mol. The van der Waals surface area contributed by atoms with Gasteiger partial charge >= 0.3 is 0 Å². The van der Waals surface area contributed by atoms with Crippen molar-refractivity contribution in [3.05, 3.63) is 23.4 Å². The minimum atomic E-state index is 0.123. The van der Waals surface area contributed by atoms with E-state index in [9.17, 15) is 0 Å². The van der Waals surface area contributed by atoms with E-state index in [4.69, 9.17) is 11.1 Å². The van der Waals surface area contributed by atoms with Crippen LogP contribution in [0.5, 0.6) is 0 Å². The van der Waals surface area contributed by atoms with Crippen molar-refractivity contribution in [1.29, 1.82) is 5.41 Å². The molecule has 0 saturated heterocycles. The van der Waals surface area contributed by atoms with Crippen LogP contribution in [0.15, 0.2) is 12.3 Å². The van der Waals surface area contributed by atoms with E-state index in [2.05, 4.69) is 23.7 Å². The molecule has 0 radical (unpaired) electrons. The van der Waals surface area contributed by atoms with Crippen molar-refractivity contribution in [2.75, 3.05) is 11.4 Å². The molecule has 1 aromatic rings. The fraction of sp³-hybridized carbons (Fsp3) is 0.625. The van der Waals surface area contributed by atoms with Gasteiger partial charge in [-0.2, -0.15) is 0 Å². The summed E-state index contributed by atoms with van der Waals surface area (Å²) in [6.45, 7) is 7.43. The highest BCUT2D eigenvalue weighted by Gasteiger charge is 2.27. The molecule has 1 saturated carbocycles. The van der Waals surface area contributed by atoms with Crippen LogP contribution < -0.4 is 10.6 Å². The molecule has 0 bridgehead atoms. The molecule has 0 spiro atoms.